The first-order chi connectivity index (χ1) is 46.8. The van der Waals surface area contributed by atoms with Gasteiger partial charge in [-0.1, -0.05) is 23.3 Å². The molecule has 22 nitrogen and oxygen atoms in total. The zero-order valence-corrected chi connectivity index (χ0v) is 54.9. The summed E-state index contributed by atoms with van der Waals surface area (Å²) in [5.74, 6) is -2.96. The van der Waals surface area contributed by atoms with Crippen LogP contribution in [-0.4, -0.2) is 148 Å². The van der Waals surface area contributed by atoms with Crippen LogP contribution in [0.25, 0.3) is 98.3 Å². The summed E-state index contributed by atoms with van der Waals surface area (Å²) in [6, 6.07) is 5.00. The fourth-order valence-corrected chi connectivity index (χ4v) is 15.5. The number of ketones is 1. The number of aliphatic hydroxyl groups is 7. The van der Waals surface area contributed by atoms with Gasteiger partial charge in [-0.05, 0) is 173 Å². The summed E-state index contributed by atoms with van der Waals surface area (Å²) in [5.41, 5.74) is 3.93. The summed E-state index contributed by atoms with van der Waals surface area (Å²) in [6.07, 6.45) is 7.42. The highest BCUT2D eigenvalue weighted by Crippen LogP contribution is 2.59. The standard InChI is InChI=1S/C40H45NO11.C35H34O10/c1-20-15-25-24(7-4-5-11-51-13-9-42)38(48)32-26(46)16-22(18-44)29-30-23(19-45)17-27(47)33-35(30)36(31(25)34(29)32)37(40(50-3)39(33)49)28(20)21(2)41-8-6-12-52-14-10-43;1-15-10-20-19(6-4-5-8-45-9-7-36)33(42)27-21(40)11-17(13-37)24-25-18(14-38)12-22(41)28-30(25)31(26(20)29(24)27)32(23(15)16(2)39)35(44-3)34(28)43/h15-17,28,42-45,48-49H,4-14,18-19H2,1-3H3;10-12,23,36-38,42-43H,4-9,13-14H2,1-3H3. The molecule has 0 amide bonds. The van der Waals surface area contributed by atoms with Gasteiger partial charge in [0.05, 0.1) is 108 Å². The van der Waals surface area contributed by atoms with Crippen molar-refractivity contribution in [3.05, 3.63) is 132 Å². The number of phenolic OH excluding ortho intramolecular Hbond substituents is 4. The van der Waals surface area contributed by atoms with Crippen LogP contribution in [0.1, 0.15) is 127 Å². The van der Waals surface area contributed by atoms with Gasteiger partial charge in [0.25, 0.3) is 0 Å². The molecule has 97 heavy (non-hydrogen) atoms. The summed E-state index contributed by atoms with van der Waals surface area (Å²) in [4.78, 5) is 73.6. The zero-order chi connectivity index (χ0) is 69.6. The largest absolute Gasteiger partial charge is 0.507 e. The van der Waals surface area contributed by atoms with Gasteiger partial charge >= 0.3 is 0 Å². The Balaban J connectivity index is 0.000000199. The molecule has 0 radical (unpaired) electrons. The quantitative estimate of drug-likeness (QED) is 0.00967. The molecular formula is C75H79NO21. The Morgan fingerprint density at radius 1 is 0.412 bits per heavy atom. The number of methoxy groups -OCH3 is 2. The maximum Gasteiger partial charge on any atom is 0.190 e. The number of aliphatic imine (C=N–C) groups is 1. The van der Waals surface area contributed by atoms with E-state index in [1.54, 1.807) is 13.0 Å². The summed E-state index contributed by atoms with van der Waals surface area (Å²) in [7, 11) is 2.75. The summed E-state index contributed by atoms with van der Waals surface area (Å²) in [6.45, 7) is 6.78. The molecule has 2 aliphatic carbocycles. The molecule has 2 aliphatic rings. The van der Waals surface area contributed by atoms with Crippen LogP contribution >= 0.6 is 0 Å². The van der Waals surface area contributed by atoms with E-state index in [4.69, 9.17) is 44.0 Å². The number of carbonyl (C=O) groups is 1. The van der Waals surface area contributed by atoms with Crippen molar-refractivity contribution < 1.29 is 84.7 Å². The van der Waals surface area contributed by atoms with Crippen molar-refractivity contribution in [1.82, 2.24) is 0 Å². The molecule has 11 N–H and O–H groups in total. The Kier molecular flexibility index (Phi) is 20.6. The molecule has 12 rings (SSSR count). The molecule has 0 heterocycles. The minimum absolute atomic E-state index is 0.0201. The number of phenols is 4. The predicted molar refractivity (Wildman–Crippen MR) is 372 cm³/mol. The molecule has 0 saturated heterocycles. The average Bonchev–Trinajstić information content (AvgIpc) is 1.67. The second-order valence-electron chi connectivity index (χ2n) is 24.9. The third kappa shape index (κ3) is 11.4. The van der Waals surface area contributed by atoms with Crippen LogP contribution < -0.4 is 31.2 Å². The highest BCUT2D eigenvalue weighted by atomic mass is 16.5. The minimum Gasteiger partial charge on any atom is -0.507 e. The van der Waals surface area contributed by atoms with Crippen molar-refractivity contribution in [2.75, 3.05) is 80.2 Å². The number of hydrogen-bond donors (Lipinski definition) is 11. The summed E-state index contributed by atoms with van der Waals surface area (Å²) < 4.78 is 28.0. The van der Waals surface area contributed by atoms with Crippen LogP contribution in [-0.2, 0) is 58.3 Å². The lowest BCUT2D eigenvalue weighted by Crippen LogP contribution is -2.15. The number of fused-ring (bicyclic) bond motifs is 2. The molecule has 0 saturated carbocycles. The monoisotopic (exact) mass is 1330 g/mol. The molecule has 2 atom stereocenters. The van der Waals surface area contributed by atoms with Gasteiger partial charge in [-0.3, -0.25) is 29.0 Å². The van der Waals surface area contributed by atoms with E-state index in [2.05, 4.69) is 0 Å². The number of unbranched alkanes of at least 4 members (excludes halogenated alkanes) is 2. The molecule has 10 aromatic carbocycles. The lowest BCUT2D eigenvalue weighted by molar-refractivity contribution is -0.117. The van der Waals surface area contributed by atoms with Crippen LogP contribution in [0.2, 0.25) is 0 Å². The first-order valence-corrected chi connectivity index (χ1v) is 32.4. The van der Waals surface area contributed by atoms with Gasteiger partial charge in [0.15, 0.2) is 44.7 Å². The number of benzene rings is 10. The van der Waals surface area contributed by atoms with E-state index in [1.165, 1.54) is 45.4 Å². The molecule has 22 heteroatoms. The second-order valence-corrected chi connectivity index (χ2v) is 24.9. The highest BCUT2D eigenvalue weighted by molar-refractivity contribution is 6.40. The number of rotatable bonds is 28. The van der Waals surface area contributed by atoms with Gasteiger partial charge in [-0.2, -0.15) is 0 Å². The van der Waals surface area contributed by atoms with Gasteiger partial charge < -0.3 is 79.9 Å². The van der Waals surface area contributed by atoms with E-state index in [9.17, 15) is 64.8 Å². The molecule has 0 fully saturated rings. The molecule has 0 bridgehead atoms. The first-order valence-electron chi connectivity index (χ1n) is 32.4. The normalized spacial score (nSPS) is 14.8. The fourth-order valence-electron chi connectivity index (χ4n) is 15.5. The predicted octanol–water partition coefficient (Wildman–Crippen LogP) is 7.71. The van der Waals surface area contributed by atoms with Crippen molar-refractivity contribution in [1.29, 1.82) is 0 Å². The second kappa shape index (κ2) is 28.7. The van der Waals surface area contributed by atoms with Crippen molar-refractivity contribution in [2.24, 2.45) is 4.99 Å². The number of Topliss-reactive ketones (excluding diaryl/α,β-unsaturated/α-hetero) is 1. The van der Waals surface area contributed by atoms with Gasteiger partial charge in [0, 0.05) is 81.8 Å². The lowest BCUT2D eigenvalue weighted by atomic mass is 9.78. The van der Waals surface area contributed by atoms with Crippen molar-refractivity contribution >= 4 is 110 Å². The number of aliphatic hydroxyl groups excluding tert-OH is 7. The molecule has 0 aromatic heterocycles. The van der Waals surface area contributed by atoms with Gasteiger partial charge in [0.2, 0.25) is 0 Å². The minimum atomic E-state index is -0.912. The Labute approximate surface area is 554 Å². The van der Waals surface area contributed by atoms with E-state index < -0.39 is 65.7 Å². The molecule has 0 aliphatic heterocycles. The molecular weight excluding hydrogens is 1250 g/mol. The summed E-state index contributed by atoms with van der Waals surface area (Å²) in [5, 5.41) is 122. The van der Waals surface area contributed by atoms with Crippen LogP contribution in [0.15, 0.2) is 59.6 Å². The van der Waals surface area contributed by atoms with Crippen molar-refractivity contribution in [2.45, 2.75) is 111 Å². The smallest absolute Gasteiger partial charge is 0.190 e. The Morgan fingerprint density at radius 2 is 0.742 bits per heavy atom. The van der Waals surface area contributed by atoms with Crippen molar-refractivity contribution in [3.8, 4) is 34.5 Å². The van der Waals surface area contributed by atoms with E-state index in [1.807, 2.05) is 19.9 Å². The third-order valence-corrected chi connectivity index (χ3v) is 19.2. The maximum atomic E-state index is 14.0. The topological polar surface area (TPSA) is 366 Å². The van der Waals surface area contributed by atoms with Crippen LogP contribution in [0.3, 0.4) is 0 Å². The number of nitrogens with zero attached hydrogens (tertiary/aromatic N) is 1. The SMILES string of the molecule is COc1c(O)c2c(=O)cc(CO)c3c4c(CO)cc(=O)c5c(O)c(CCCCOCCO)c6c(c(c1C(C(C)=NCCCOCCO)C(C)=C6)c23)c54.COc1c(O)c2c(=O)cc(CO)c3c4c(CO)cc(=O)c5c(O)c(CCCCOCCO)c6c(c(c1C(C(C)=O)C(C)=C6)c23)c54. The van der Waals surface area contributed by atoms with Gasteiger partial charge in [-0.25, -0.2) is 0 Å². The fraction of sp³-hybridized carbons (Fsp3) is 0.387. The van der Waals surface area contributed by atoms with Crippen LogP contribution in [0.5, 0.6) is 34.5 Å². The molecule has 2 unspecified atom stereocenters. The number of carbonyl (C=O) groups excluding carboxylic acids is 1. The first kappa shape index (κ1) is 69.6. The number of ether oxygens (including phenoxy) is 5. The van der Waals surface area contributed by atoms with Crippen molar-refractivity contribution in [3.63, 3.8) is 0 Å². The Bertz CT molecular complexity index is 5120. The Hall–Kier alpha value is -8.78. The number of allylic oxidation sites excluding steroid dienone is 2. The van der Waals surface area contributed by atoms with E-state index in [0.29, 0.717) is 175 Å². The van der Waals surface area contributed by atoms with Crippen LogP contribution in [0.4, 0.5) is 0 Å². The third-order valence-electron chi connectivity index (χ3n) is 19.2. The van der Waals surface area contributed by atoms with Crippen LogP contribution in [0, 0.1) is 0 Å². The molecule has 10 aromatic rings. The molecule has 0 spiro atoms. The van der Waals surface area contributed by atoms with E-state index in [0.717, 1.165) is 5.57 Å². The van der Waals surface area contributed by atoms with Gasteiger partial charge in [-0.15, -0.1) is 0 Å². The van der Waals surface area contributed by atoms with E-state index in [-0.39, 0.29) is 123 Å². The number of aromatic hydroxyl groups is 4. The maximum absolute atomic E-state index is 14.0. The zero-order valence-electron chi connectivity index (χ0n) is 54.9. The van der Waals surface area contributed by atoms with Gasteiger partial charge in [0.1, 0.15) is 17.3 Å². The average molecular weight is 1330 g/mol. The Morgan fingerprint density at radius 3 is 1.08 bits per heavy atom. The molecule has 510 valence electrons. The highest BCUT2D eigenvalue weighted by Gasteiger charge is 2.39. The summed E-state index contributed by atoms with van der Waals surface area (Å²) >= 11 is 0. The van der Waals surface area contributed by atoms with E-state index >= 15 is 0 Å². The number of hydrogen-bond acceptors (Lipinski definition) is 22. The lowest BCUT2D eigenvalue weighted by Gasteiger charge is -2.26.